The summed E-state index contributed by atoms with van der Waals surface area (Å²) in [4.78, 5) is 25.5. The molecule has 0 saturated carbocycles. The molecule has 0 spiro atoms. The molecule has 0 unspecified atom stereocenters. The van der Waals surface area contributed by atoms with Crippen LogP contribution >= 0.6 is 0 Å². The molecule has 2 atom stereocenters. The topological polar surface area (TPSA) is 78.9 Å². The maximum atomic E-state index is 12.5. The average molecular weight is 320 g/mol. The van der Waals surface area contributed by atoms with E-state index in [0.717, 1.165) is 5.56 Å². The van der Waals surface area contributed by atoms with Crippen LogP contribution < -0.4 is 5.32 Å². The Balaban J connectivity index is 2.22. The van der Waals surface area contributed by atoms with Gasteiger partial charge in [0.05, 0.1) is 6.04 Å². The summed E-state index contributed by atoms with van der Waals surface area (Å²) in [6.45, 7) is 6.08. The lowest BCUT2D eigenvalue weighted by Gasteiger charge is -2.41. The molecule has 1 heterocycles. The van der Waals surface area contributed by atoms with E-state index in [1.165, 1.54) is 4.90 Å². The van der Waals surface area contributed by atoms with Crippen LogP contribution in [0.25, 0.3) is 0 Å². The zero-order valence-electron chi connectivity index (χ0n) is 13.8. The molecule has 1 amide bonds. The van der Waals surface area contributed by atoms with E-state index in [4.69, 9.17) is 4.74 Å². The molecule has 1 saturated heterocycles. The molecular formula is C17H24N2O4. The Hall–Kier alpha value is -2.08. The predicted molar refractivity (Wildman–Crippen MR) is 86.3 cm³/mol. The molecule has 6 heteroatoms. The van der Waals surface area contributed by atoms with Gasteiger partial charge in [-0.25, -0.2) is 9.59 Å². The van der Waals surface area contributed by atoms with Crippen molar-refractivity contribution in [1.82, 2.24) is 10.2 Å². The fourth-order valence-corrected chi connectivity index (χ4v) is 2.69. The lowest BCUT2D eigenvalue weighted by atomic mass is 10.0. The number of nitrogens with zero attached hydrogens (tertiary/aromatic N) is 1. The Morgan fingerprint density at radius 1 is 1.26 bits per heavy atom. The van der Waals surface area contributed by atoms with Gasteiger partial charge in [0, 0.05) is 13.1 Å². The molecule has 0 aliphatic carbocycles. The number of carboxylic acid groups (broad SMARTS) is 1. The summed E-state index contributed by atoms with van der Waals surface area (Å²) in [7, 11) is 0. The first-order valence-electron chi connectivity index (χ1n) is 7.76. The van der Waals surface area contributed by atoms with E-state index in [0.29, 0.717) is 13.0 Å². The molecule has 2 N–H and O–H groups in total. The highest BCUT2D eigenvalue weighted by molar-refractivity contribution is 5.81. The van der Waals surface area contributed by atoms with Crippen LogP contribution in [0.4, 0.5) is 4.79 Å². The van der Waals surface area contributed by atoms with Gasteiger partial charge < -0.3 is 15.2 Å². The van der Waals surface area contributed by atoms with Crippen molar-refractivity contribution < 1.29 is 19.4 Å². The third-order valence-corrected chi connectivity index (χ3v) is 3.65. The van der Waals surface area contributed by atoms with Crippen molar-refractivity contribution in [3.05, 3.63) is 35.9 Å². The van der Waals surface area contributed by atoms with Gasteiger partial charge in [0.1, 0.15) is 11.6 Å². The average Bonchev–Trinajstić information content (AvgIpc) is 2.46. The van der Waals surface area contributed by atoms with Gasteiger partial charge in [-0.05, 0) is 32.8 Å². The molecular weight excluding hydrogens is 296 g/mol. The monoisotopic (exact) mass is 320 g/mol. The minimum Gasteiger partial charge on any atom is -0.480 e. The fourth-order valence-electron chi connectivity index (χ4n) is 2.69. The Kier molecular flexibility index (Phi) is 5.26. The van der Waals surface area contributed by atoms with Crippen LogP contribution in [-0.4, -0.2) is 52.8 Å². The molecule has 126 valence electrons. The number of carbonyl (C=O) groups is 2. The Bertz CT molecular complexity index is 553. The second-order valence-electron chi connectivity index (χ2n) is 6.74. The Morgan fingerprint density at radius 3 is 2.48 bits per heavy atom. The van der Waals surface area contributed by atoms with E-state index in [9.17, 15) is 14.7 Å². The maximum Gasteiger partial charge on any atom is 0.411 e. The van der Waals surface area contributed by atoms with Crippen molar-refractivity contribution in [3.63, 3.8) is 0 Å². The molecule has 0 aromatic heterocycles. The molecule has 1 aliphatic rings. The number of carbonyl (C=O) groups excluding carboxylic acids is 1. The predicted octanol–water partition coefficient (Wildman–Crippen LogP) is 1.89. The van der Waals surface area contributed by atoms with Crippen LogP contribution in [0, 0.1) is 0 Å². The number of benzene rings is 1. The highest BCUT2D eigenvalue weighted by atomic mass is 16.6. The van der Waals surface area contributed by atoms with Gasteiger partial charge in [0.15, 0.2) is 0 Å². The number of nitrogens with one attached hydrogen (secondary N) is 1. The summed E-state index contributed by atoms with van der Waals surface area (Å²) in [5, 5.41) is 12.6. The van der Waals surface area contributed by atoms with Gasteiger partial charge in [0.2, 0.25) is 0 Å². The van der Waals surface area contributed by atoms with E-state index in [1.54, 1.807) is 20.8 Å². The summed E-state index contributed by atoms with van der Waals surface area (Å²) < 4.78 is 5.42. The number of amides is 1. The van der Waals surface area contributed by atoms with Gasteiger partial charge in [-0.15, -0.1) is 0 Å². The molecule has 1 aromatic rings. The SMILES string of the molecule is CC(C)(C)OC(=O)N1[C@H](Cc2ccccc2)CNC[C@H]1C(=O)O. The van der Waals surface area contributed by atoms with Gasteiger partial charge in [-0.3, -0.25) is 4.90 Å². The van der Waals surface area contributed by atoms with Crippen LogP contribution in [0.1, 0.15) is 26.3 Å². The Morgan fingerprint density at radius 2 is 1.91 bits per heavy atom. The second kappa shape index (κ2) is 7.00. The fraction of sp³-hybridized carbons (Fsp3) is 0.529. The van der Waals surface area contributed by atoms with Gasteiger partial charge in [0.25, 0.3) is 0 Å². The third-order valence-electron chi connectivity index (χ3n) is 3.65. The number of carboxylic acids is 1. The standard InChI is InChI=1S/C17H24N2O4/c1-17(2,3)23-16(22)19-13(9-12-7-5-4-6-8-12)10-18-11-14(19)15(20)21/h4-8,13-14,18H,9-11H2,1-3H3,(H,20,21)/t13-,14+/m1/s1. The lowest BCUT2D eigenvalue weighted by molar-refractivity contribution is -0.145. The van der Waals surface area contributed by atoms with Crippen LogP contribution in [0.5, 0.6) is 0 Å². The molecule has 23 heavy (non-hydrogen) atoms. The number of aliphatic carboxylic acids is 1. The Labute approximate surface area is 136 Å². The minimum atomic E-state index is -1.03. The molecule has 2 rings (SSSR count). The molecule has 6 nitrogen and oxygen atoms in total. The van der Waals surface area contributed by atoms with Crippen molar-refractivity contribution in [2.45, 2.75) is 44.9 Å². The lowest BCUT2D eigenvalue weighted by Crippen LogP contribution is -2.63. The van der Waals surface area contributed by atoms with Crippen molar-refractivity contribution in [1.29, 1.82) is 0 Å². The first kappa shape index (κ1) is 17.3. The van der Waals surface area contributed by atoms with Crippen molar-refractivity contribution in [3.8, 4) is 0 Å². The zero-order chi connectivity index (χ0) is 17.0. The number of ether oxygens (including phenoxy) is 1. The number of rotatable bonds is 3. The first-order chi connectivity index (χ1) is 10.8. The highest BCUT2D eigenvalue weighted by Crippen LogP contribution is 2.20. The smallest absolute Gasteiger partial charge is 0.411 e. The van der Waals surface area contributed by atoms with Crippen molar-refractivity contribution >= 4 is 12.1 Å². The quantitative estimate of drug-likeness (QED) is 0.889. The molecule has 1 fully saturated rings. The summed E-state index contributed by atoms with van der Waals surface area (Å²) in [5.41, 5.74) is 0.390. The highest BCUT2D eigenvalue weighted by Gasteiger charge is 2.40. The van der Waals surface area contributed by atoms with Crippen LogP contribution in [0.2, 0.25) is 0 Å². The van der Waals surface area contributed by atoms with E-state index in [1.807, 2.05) is 30.3 Å². The maximum absolute atomic E-state index is 12.5. The molecule has 0 radical (unpaired) electrons. The summed E-state index contributed by atoms with van der Waals surface area (Å²) in [6, 6.07) is 8.54. The van der Waals surface area contributed by atoms with E-state index >= 15 is 0 Å². The van der Waals surface area contributed by atoms with Crippen LogP contribution in [-0.2, 0) is 16.0 Å². The summed E-state index contributed by atoms with van der Waals surface area (Å²) >= 11 is 0. The number of piperazine rings is 1. The van der Waals surface area contributed by atoms with Gasteiger partial charge >= 0.3 is 12.1 Å². The van der Waals surface area contributed by atoms with E-state index in [-0.39, 0.29) is 12.6 Å². The zero-order valence-corrected chi connectivity index (χ0v) is 13.8. The first-order valence-corrected chi connectivity index (χ1v) is 7.76. The van der Waals surface area contributed by atoms with Crippen molar-refractivity contribution in [2.24, 2.45) is 0 Å². The second-order valence-corrected chi connectivity index (χ2v) is 6.74. The summed E-state index contributed by atoms with van der Waals surface area (Å²) in [6.07, 6.45) is 0.00368. The third kappa shape index (κ3) is 4.69. The number of hydrogen-bond donors (Lipinski definition) is 2. The largest absolute Gasteiger partial charge is 0.480 e. The minimum absolute atomic E-state index is 0.222. The molecule has 0 bridgehead atoms. The van der Waals surface area contributed by atoms with E-state index < -0.39 is 23.7 Å². The van der Waals surface area contributed by atoms with Crippen LogP contribution in [0.15, 0.2) is 30.3 Å². The van der Waals surface area contributed by atoms with Gasteiger partial charge in [-0.1, -0.05) is 30.3 Å². The normalized spacial score (nSPS) is 21.8. The van der Waals surface area contributed by atoms with Crippen LogP contribution in [0.3, 0.4) is 0 Å². The van der Waals surface area contributed by atoms with Crippen molar-refractivity contribution in [2.75, 3.05) is 13.1 Å². The van der Waals surface area contributed by atoms with Gasteiger partial charge in [-0.2, -0.15) is 0 Å². The molecule has 1 aliphatic heterocycles. The molecule has 1 aromatic carbocycles. The number of hydrogen-bond acceptors (Lipinski definition) is 4. The summed E-state index contributed by atoms with van der Waals surface area (Å²) in [5.74, 6) is -1.03. The van der Waals surface area contributed by atoms with E-state index in [2.05, 4.69) is 5.32 Å².